The largest absolute Gasteiger partial charge is 0.416 e. The van der Waals surface area contributed by atoms with Gasteiger partial charge in [0.1, 0.15) is 0 Å². The highest BCUT2D eigenvalue weighted by atomic mass is 19.4. The van der Waals surface area contributed by atoms with Crippen LogP contribution >= 0.6 is 0 Å². The van der Waals surface area contributed by atoms with Gasteiger partial charge in [-0.1, -0.05) is 62.1 Å². The molecule has 9 heteroatoms. The topological polar surface area (TPSA) is 68.9 Å². The van der Waals surface area contributed by atoms with Crippen molar-refractivity contribution in [2.75, 3.05) is 5.32 Å². The summed E-state index contributed by atoms with van der Waals surface area (Å²) in [5, 5.41) is 2.74. The van der Waals surface area contributed by atoms with Gasteiger partial charge in [0.2, 0.25) is 5.95 Å². The van der Waals surface area contributed by atoms with E-state index in [0.29, 0.717) is 6.42 Å². The molecule has 2 aromatic carbocycles. The molecule has 1 aromatic heterocycles. The summed E-state index contributed by atoms with van der Waals surface area (Å²) in [6, 6.07) is 12.0. The molecule has 0 atom stereocenters. The molecule has 0 spiro atoms. The van der Waals surface area contributed by atoms with E-state index in [0.717, 1.165) is 47.1 Å². The Morgan fingerprint density at radius 3 is 2.36 bits per heavy atom. The normalized spacial score (nSPS) is 11.5. The lowest BCUT2D eigenvalue weighted by Crippen LogP contribution is -2.42. The first kappa shape index (κ1) is 24.3. The first-order chi connectivity index (χ1) is 15.7. The van der Waals surface area contributed by atoms with Gasteiger partial charge < -0.3 is 5.32 Å². The lowest BCUT2D eigenvalue weighted by atomic mass is 10.1. The maximum absolute atomic E-state index is 13.2. The number of aromatic nitrogens is 3. The van der Waals surface area contributed by atoms with Gasteiger partial charge in [-0.05, 0) is 37.1 Å². The Labute approximate surface area is 189 Å². The Hall–Kier alpha value is -3.36. The van der Waals surface area contributed by atoms with Gasteiger partial charge in [0.15, 0.2) is 0 Å². The molecule has 0 bridgehead atoms. The third-order valence-electron chi connectivity index (χ3n) is 5.29. The maximum Gasteiger partial charge on any atom is 0.416 e. The van der Waals surface area contributed by atoms with Crippen LogP contribution in [0, 0.1) is 6.92 Å². The van der Waals surface area contributed by atoms with Crippen molar-refractivity contribution in [1.82, 2.24) is 14.1 Å². The van der Waals surface area contributed by atoms with Crippen LogP contribution in [-0.2, 0) is 19.3 Å². The highest BCUT2D eigenvalue weighted by Gasteiger charge is 2.30. The summed E-state index contributed by atoms with van der Waals surface area (Å²) >= 11 is 0. The average molecular weight is 461 g/mol. The monoisotopic (exact) mass is 460 g/mol. The van der Waals surface area contributed by atoms with Crippen molar-refractivity contribution in [2.24, 2.45) is 0 Å². The van der Waals surface area contributed by atoms with Gasteiger partial charge in [-0.25, -0.2) is 14.2 Å². The molecule has 0 radical (unpaired) electrons. The molecule has 3 aromatic rings. The minimum Gasteiger partial charge on any atom is -0.325 e. The zero-order chi connectivity index (χ0) is 24.0. The standard InChI is InChI=1S/C24H27F3N4O2/c1-3-4-5-6-14-30-22(32)29-21(28-20-9-7-8-19(15-20)24(25,26)27)31(23(30)33)16-18-12-10-17(2)11-13-18/h7-13,15H,3-6,14,16H2,1-2H3,(H,28,29,32). The van der Waals surface area contributed by atoms with E-state index >= 15 is 0 Å². The van der Waals surface area contributed by atoms with Crippen molar-refractivity contribution in [1.29, 1.82) is 0 Å². The van der Waals surface area contributed by atoms with Crippen molar-refractivity contribution in [3.8, 4) is 0 Å². The number of hydrogen-bond donors (Lipinski definition) is 1. The molecular formula is C24H27F3N4O2. The van der Waals surface area contributed by atoms with Gasteiger partial charge in [0.25, 0.3) is 0 Å². The SMILES string of the molecule is CCCCCCn1c(=O)nc(Nc2cccc(C(F)(F)F)c2)n(Cc2ccc(C)cc2)c1=O. The van der Waals surface area contributed by atoms with Crippen LogP contribution in [0.2, 0.25) is 0 Å². The van der Waals surface area contributed by atoms with Crippen LogP contribution in [0.3, 0.4) is 0 Å². The van der Waals surface area contributed by atoms with Crippen LogP contribution in [0.15, 0.2) is 58.1 Å². The Balaban J connectivity index is 2.01. The first-order valence-electron chi connectivity index (χ1n) is 10.9. The molecule has 0 amide bonds. The van der Waals surface area contributed by atoms with E-state index < -0.39 is 23.1 Å². The molecular weight excluding hydrogens is 433 g/mol. The molecule has 1 heterocycles. The quantitative estimate of drug-likeness (QED) is 0.451. The number of nitrogens with zero attached hydrogens (tertiary/aromatic N) is 3. The van der Waals surface area contributed by atoms with Gasteiger partial charge in [-0.15, -0.1) is 0 Å². The molecule has 0 aliphatic carbocycles. The van der Waals surface area contributed by atoms with Crippen LogP contribution < -0.4 is 16.7 Å². The third kappa shape index (κ3) is 6.34. The molecule has 1 N–H and O–H groups in total. The number of hydrogen-bond acceptors (Lipinski definition) is 4. The third-order valence-corrected chi connectivity index (χ3v) is 5.29. The number of benzene rings is 2. The van der Waals surface area contributed by atoms with Gasteiger partial charge in [-0.3, -0.25) is 4.57 Å². The highest BCUT2D eigenvalue weighted by molar-refractivity contribution is 5.55. The van der Waals surface area contributed by atoms with E-state index in [2.05, 4.69) is 17.2 Å². The van der Waals surface area contributed by atoms with E-state index in [1.165, 1.54) is 16.7 Å². The van der Waals surface area contributed by atoms with E-state index in [-0.39, 0.29) is 24.7 Å². The Bertz CT molecular complexity index is 1200. The summed E-state index contributed by atoms with van der Waals surface area (Å²) in [6.07, 6.45) is -0.964. The Morgan fingerprint density at radius 1 is 0.970 bits per heavy atom. The highest BCUT2D eigenvalue weighted by Crippen LogP contribution is 2.31. The first-order valence-corrected chi connectivity index (χ1v) is 10.9. The predicted molar refractivity (Wildman–Crippen MR) is 122 cm³/mol. The molecule has 176 valence electrons. The smallest absolute Gasteiger partial charge is 0.325 e. The second kappa shape index (κ2) is 10.5. The second-order valence-electron chi connectivity index (χ2n) is 7.99. The summed E-state index contributed by atoms with van der Waals surface area (Å²) in [5.41, 5.74) is -0.202. The lowest BCUT2D eigenvalue weighted by molar-refractivity contribution is -0.137. The maximum atomic E-state index is 13.2. The summed E-state index contributed by atoms with van der Waals surface area (Å²) < 4.78 is 41.7. The van der Waals surface area contributed by atoms with Crippen LogP contribution in [0.25, 0.3) is 0 Å². The average Bonchev–Trinajstić information content (AvgIpc) is 2.77. The molecule has 0 aliphatic heterocycles. The zero-order valence-electron chi connectivity index (χ0n) is 18.7. The van der Waals surface area contributed by atoms with Crippen molar-refractivity contribution in [3.05, 3.63) is 86.2 Å². The van der Waals surface area contributed by atoms with E-state index in [4.69, 9.17) is 0 Å². The molecule has 0 fully saturated rings. The summed E-state index contributed by atoms with van der Waals surface area (Å²) in [7, 11) is 0. The number of unbranched alkanes of at least 4 members (excludes halogenated alkanes) is 3. The molecule has 33 heavy (non-hydrogen) atoms. The van der Waals surface area contributed by atoms with Crippen LogP contribution in [0.1, 0.15) is 49.3 Å². The number of nitrogens with one attached hydrogen (secondary N) is 1. The molecule has 6 nitrogen and oxygen atoms in total. The number of halogens is 3. The molecule has 0 aliphatic rings. The fourth-order valence-electron chi connectivity index (χ4n) is 3.43. The Morgan fingerprint density at radius 2 is 1.70 bits per heavy atom. The number of anilines is 2. The lowest BCUT2D eigenvalue weighted by Gasteiger charge is -2.16. The van der Waals surface area contributed by atoms with Crippen molar-refractivity contribution < 1.29 is 13.2 Å². The van der Waals surface area contributed by atoms with Crippen LogP contribution in [0.5, 0.6) is 0 Å². The molecule has 0 saturated carbocycles. The van der Waals surface area contributed by atoms with Gasteiger partial charge >= 0.3 is 17.6 Å². The zero-order valence-corrected chi connectivity index (χ0v) is 18.7. The van der Waals surface area contributed by atoms with E-state index in [1.54, 1.807) is 0 Å². The van der Waals surface area contributed by atoms with Crippen LogP contribution in [-0.4, -0.2) is 14.1 Å². The van der Waals surface area contributed by atoms with E-state index in [9.17, 15) is 22.8 Å². The fraction of sp³-hybridized carbons (Fsp3) is 0.375. The van der Waals surface area contributed by atoms with E-state index in [1.807, 2.05) is 31.2 Å². The summed E-state index contributed by atoms with van der Waals surface area (Å²) in [6.45, 7) is 4.36. The van der Waals surface area contributed by atoms with Crippen molar-refractivity contribution >= 4 is 11.6 Å². The summed E-state index contributed by atoms with van der Waals surface area (Å²) in [4.78, 5) is 29.8. The second-order valence-corrected chi connectivity index (χ2v) is 7.99. The number of rotatable bonds is 9. The molecule has 3 rings (SSSR count). The van der Waals surface area contributed by atoms with Gasteiger partial charge in [0, 0.05) is 12.2 Å². The number of aryl methyl sites for hydroxylation is 1. The number of alkyl halides is 3. The van der Waals surface area contributed by atoms with Gasteiger partial charge in [0.05, 0.1) is 12.1 Å². The molecule has 0 unspecified atom stereocenters. The Kier molecular flexibility index (Phi) is 7.73. The van der Waals surface area contributed by atoms with Gasteiger partial charge in [-0.2, -0.15) is 18.2 Å². The van der Waals surface area contributed by atoms with Crippen molar-refractivity contribution in [3.63, 3.8) is 0 Å². The summed E-state index contributed by atoms with van der Waals surface area (Å²) in [5.74, 6) is -0.102. The minimum absolute atomic E-state index is 0.0782. The van der Waals surface area contributed by atoms with Crippen molar-refractivity contribution in [2.45, 2.75) is 58.8 Å². The fourth-order valence-corrected chi connectivity index (χ4v) is 3.43. The van der Waals surface area contributed by atoms with Crippen LogP contribution in [0.4, 0.5) is 24.8 Å². The molecule has 0 saturated heterocycles. The minimum atomic E-state index is -4.52. The predicted octanol–water partition coefficient (Wildman–Crippen LogP) is 5.10.